The van der Waals surface area contributed by atoms with Crippen LogP contribution in [0.5, 0.6) is 0 Å². The number of hydrogen-bond acceptors (Lipinski definition) is 5. The number of piperidine rings is 1. The number of rotatable bonds is 6. The second-order valence-electron chi connectivity index (χ2n) is 8.15. The molecule has 2 aliphatic heterocycles. The fraction of sp³-hybridized carbons (Fsp3) is 0.700. The van der Waals surface area contributed by atoms with E-state index >= 15 is 0 Å². The van der Waals surface area contributed by atoms with Gasteiger partial charge in [0.25, 0.3) is 0 Å². The topological polar surface area (TPSA) is 78.9 Å². The first-order valence-corrected chi connectivity index (χ1v) is 11.0. The molecular weight excluding hydrogens is 421 g/mol. The molecule has 2 N–H and O–H groups in total. The lowest BCUT2D eigenvalue weighted by Crippen LogP contribution is -2.43. The summed E-state index contributed by atoms with van der Waals surface area (Å²) in [4.78, 5) is 24.9. The van der Waals surface area contributed by atoms with Crippen molar-refractivity contribution in [3.63, 3.8) is 0 Å². The molecule has 3 heterocycles. The van der Waals surface area contributed by atoms with E-state index in [2.05, 4.69) is 16.3 Å². The van der Waals surface area contributed by atoms with E-state index in [-0.39, 0.29) is 12.0 Å². The number of carboxylic acid groups (broad SMARTS) is 1. The van der Waals surface area contributed by atoms with E-state index in [1.165, 1.54) is 43.8 Å². The zero-order valence-electron chi connectivity index (χ0n) is 16.6. The van der Waals surface area contributed by atoms with E-state index < -0.39 is 12.1 Å². The standard InChI is InChI=1S/C18H26N2O2S.C2HF3O2/c21-18(19-9-15-2-1-7-23-15)8-17-16-5-6-20(10-13-3-4-13)11-14(16)12-22-17;3-2(4,5)1(6)7/h1-2,7,13-14,16-17H,3-6,8-12H2,(H,19,21);(H,6,7)/t14-,16-,17-;/m1./s1. The fourth-order valence-electron chi connectivity index (χ4n) is 4.06. The minimum atomic E-state index is -5.08. The highest BCUT2D eigenvalue weighted by Crippen LogP contribution is 2.38. The van der Waals surface area contributed by atoms with E-state index in [0.717, 1.165) is 12.5 Å². The Hall–Kier alpha value is -1.65. The van der Waals surface area contributed by atoms with Crippen molar-refractivity contribution in [2.45, 2.75) is 44.5 Å². The molecule has 4 rings (SSSR count). The molecule has 0 radical (unpaired) electrons. The van der Waals surface area contributed by atoms with Crippen LogP contribution in [0.4, 0.5) is 13.2 Å². The number of halogens is 3. The normalized spacial score (nSPS) is 26.4. The third kappa shape index (κ3) is 6.95. The highest BCUT2D eigenvalue weighted by Gasteiger charge is 2.42. The summed E-state index contributed by atoms with van der Waals surface area (Å²) in [5, 5.41) is 12.2. The molecule has 10 heteroatoms. The summed E-state index contributed by atoms with van der Waals surface area (Å²) >= 11 is 1.68. The van der Waals surface area contributed by atoms with Gasteiger partial charge in [0.05, 0.1) is 25.7 Å². The number of ether oxygens (including phenoxy) is 1. The summed E-state index contributed by atoms with van der Waals surface area (Å²) in [6.07, 6.45) is -0.385. The van der Waals surface area contributed by atoms with Crippen molar-refractivity contribution in [2.75, 3.05) is 26.2 Å². The molecular formula is C20H27F3N2O4S. The third-order valence-corrected chi connectivity index (χ3v) is 6.64. The Balaban J connectivity index is 0.000000318. The van der Waals surface area contributed by atoms with Crippen LogP contribution in [0, 0.1) is 17.8 Å². The molecule has 1 aliphatic carbocycles. The number of nitrogens with one attached hydrogen (secondary N) is 1. The van der Waals surface area contributed by atoms with E-state index in [1.807, 2.05) is 11.4 Å². The van der Waals surface area contributed by atoms with Crippen LogP contribution < -0.4 is 5.32 Å². The lowest BCUT2D eigenvalue weighted by atomic mass is 9.83. The molecule has 3 fully saturated rings. The first kappa shape index (κ1) is 23.0. The molecule has 0 bridgehead atoms. The highest BCUT2D eigenvalue weighted by atomic mass is 32.1. The fourth-order valence-corrected chi connectivity index (χ4v) is 4.70. The Morgan fingerprint density at radius 1 is 1.30 bits per heavy atom. The van der Waals surface area contributed by atoms with Gasteiger partial charge >= 0.3 is 12.1 Å². The summed E-state index contributed by atoms with van der Waals surface area (Å²) in [7, 11) is 0. The highest BCUT2D eigenvalue weighted by molar-refractivity contribution is 7.09. The number of alkyl halides is 3. The van der Waals surface area contributed by atoms with Crippen molar-refractivity contribution in [1.82, 2.24) is 10.2 Å². The van der Waals surface area contributed by atoms with Crippen LogP contribution in [0.1, 0.15) is 30.6 Å². The van der Waals surface area contributed by atoms with Gasteiger partial charge in [-0.25, -0.2) is 4.79 Å². The molecule has 6 nitrogen and oxygen atoms in total. The Morgan fingerprint density at radius 3 is 2.63 bits per heavy atom. The molecule has 1 aromatic heterocycles. The van der Waals surface area contributed by atoms with Crippen molar-refractivity contribution >= 4 is 23.2 Å². The van der Waals surface area contributed by atoms with Gasteiger partial charge in [-0.15, -0.1) is 11.3 Å². The lowest BCUT2D eigenvalue weighted by molar-refractivity contribution is -0.192. The van der Waals surface area contributed by atoms with Crippen molar-refractivity contribution in [3.05, 3.63) is 22.4 Å². The summed E-state index contributed by atoms with van der Waals surface area (Å²) in [5.74, 6) is -0.444. The maximum Gasteiger partial charge on any atom is 0.490 e. The molecule has 2 saturated heterocycles. The van der Waals surface area contributed by atoms with Crippen LogP contribution in [0.15, 0.2) is 17.5 Å². The Kier molecular flexibility index (Phi) is 7.75. The Bertz CT molecular complexity index is 709. The van der Waals surface area contributed by atoms with Crippen LogP contribution in [-0.2, 0) is 20.9 Å². The summed E-state index contributed by atoms with van der Waals surface area (Å²) in [5.41, 5.74) is 0. The summed E-state index contributed by atoms with van der Waals surface area (Å²) in [6.45, 7) is 5.14. The zero-order chi connectivity index (χ0) is 21.7. The van der Waals surface area contributed by atoms with Gasteiger partial charge in [0.15, 0.2) is 0 Å². The van der Waals surface area contributed by atoms with Gasteiger partial charge in [0, 0.05) is 23.9 Å². The number of hydrogen-bond donors (Lipinski definition) is 2. The largest absolute Gasteiger partial charge is 0.490 e. The molecule has 1 amide bonds. The van der Waals surface area contributed by atoms with Crippen LogP contribution in [0.3, 0.4) is 0 Å². The van der Waals surface area contributed by atoms with Crippen LogP contribution in [-0.4, -0.2) is 60.4 Å². The molecule has 0 spiro atoms. The van der Waals surface area contributed by atoms with E-state index in [0.29, 0.717) is 24.8 Å². The van der Waals surface area contributed by atoms with Crippen molar-refractivity contribution in [1.29, 1.82) is 0 Å². The predicted octanol–water partition coefficient (Wildman–Crippen LogP) is 3.13. The smallest absolute Gasteiger partial charge is 0.475 e. The number of nitrogens with zero attached hydrogens (tertiary/aromatic N) is 1. The van der Waals surface area contributed by atoms with Crippen molar-refractivity contribution in [3.8, 4) is 0 Å². The number of carbonyl (C=O) groups is 2. The quantitative estimate of drug-likeness (QED) is 0.699. The molecule has 0 aromatic carbocycles. The Labute approximate surface area is 177 Å². The molecule has 168 valence electrons. The number of carbonyl (C=O) groups excluding carboxylic acids is 1. The number of likely N-dealkylation sites (tertiary alicyclic amines) is 1. The van der Waals surface area contributed by atoms with Crippen molar-refractivity contribution < 1.29 is 32.6 Å². The van der Waals surface area contributed by atoms with Gasteiger partial charge in [-0.05, 0) is 49.1 Å². The maximum atomic E-state index is 12.2. The summed E-state index contributed by atoms with van der Waals surface area (Å²) < 4.78 is 37.7. The summed E-state index contributed by atoms with van der Waals surface area (Å²) in [6, 6.07) is 4.08. The third-order valence-electron chi connectivity index (χ3n) is 5.76. The van der Waals surface area contributed by atoms with Gasteiger partial charge in [-0.2, -0.15) is 13.2 Å². The number of aliphatic carboxylic acids is 1. The monoisotopic (exact) mass is 448 g/mol. The minimum Gasteiger partial charge on any atom is -0.475 e. The molecule has 0 unspecified atom stereocenters. The van der Waals surface area contributed by atoms with Gasteiger partial charge in [-0.1, -0.05) is 6.07 Å². The van der Waals surface area contributed by atoms with Gasteiger partial charge in [0.1, 0.15) is 0 Å². The average Bonchev–Trinajstić information content (AvgIpc) is 3.18. The minimum absolute atomic E-state index is 0.129. The average molecular weight is 449 g/mol. The lowest BCUT2D eigenvalue weighted by Gasteiger charge is -2.35. The molecule has 3 atom stereocenters. The maximum absolute atomic E-state index is 12.2. The molecule has 30 heavy (non-hydrogen) atoms. The van der Waals surface area contributed by atoms with Gasteiger partial charge < -0.3 is 20.1 Å². The van der Waals surface area contributed by atoms with E-state index in [1.54, 1.807) is 11.3 Å². The number of amides is 1. The SMILES string of the molecule is O=C(C[C@H]1OC[C@H]2CN(CC3CC3)CC[C@H]21)NCc1cccs1.O=C(O)C(F)(F)F. The number of thiophene rings is 1. The van der Waals surface area contributed by atoms with Crippen LogP contribution >= 0.6 is 11.3 Å². The predicted molar refractivity (Wildman–Crippen MR) is 105 cm³/mol. The molecule has 1 saturated carbocycles. The Morgan fingerprint density at radius 2 is 2.03 bits per heavy atom. The second-order valence-corrected chi connectivity index (χ2v) is 9.18. The van der Waals surface area contributed by atoms with Crippen LogP contribution in [0.2, 0.25) is 0 Å². The van der Waals surface area contributed by atoms with E-state index in [4.69, 9.17) is 14.6 Å². The van der Waals surface area contributed by atoms with Crippen LogP contribution in [0.25, 0.3) is 0 Å². The first-order valence-electron chi connectivity index (χ1n) is 10.2. The number of carboxylic acids is 1. The zero-order valence-corrected chi connectivity index (χ0v) is 17.4. The van der Waals surface area contributed by atoms with E-state index in [9.17, 15) is 18.0 Å². The first-order chi connectivity index (χ1) is 14.2. The van der Waals surface area contributed by atoms with Gasteiger partial charge in [0.2, 0.25) is 5.91 Å². The van der Waals surface area contributed by atoms with Gasteiger partial charge in [-0.3, -0.25) is 4.79 Å². The molecule has 1 aromatic rings. The van der Waals surface area contributed by atoms with Crippen molar-refractivity contribution in [2.24, 2.45) is 17.8 Å². The second kappa shape index (κ2) is 10.1. The molecule has 3 aliphatic rings. The number of fused-ring (bicyclic) bond motifs is 1.